The third kappa shape index (κ3) is 5.95. The van der Waals surface area contributed by atoms with Crippen LogP contribution in [0.2, 0.25) is 0 Å². The van der Waals surface area contributed by atoms with E-state index < -0.39 is 23.6 Å². The van der Waals surface area contributed by atoms with Crippen LogP contribution in [0.5, 0.6) is 0 Å². The highest BCUT2D eigenvalue weighted by Crippen LogP contribution is 2.19. The molecule has 0 spiro atoms. The number of ether oxygens (including phenoxy) is 2. The molecule has 0 amide bonds. The van der Waals surface area contributed by atoms with Gasteiger partial charge in [0, 0.05) is 12.8 Å². The van der Waals surface area contributed by atoms with Crippen LogP contribution in [-0.2, 0) is 16.1 Å². The summed E-state index contributed by atoms with van der Waals surface area (Å²) in [6, 6.07) is 0. The van der Waals surface area contributed by atoms with Crippen molar-refractivity contribution in [1.29, 1.82) is 0 Å². The van der Waals surface area contributed by atoms with Gasteiger partial charge in [0.1, 0.15) is 6.10 Å². The largest absolute Gasteiger partial charge is 0.393 e. The van der Waals surface area contributed by atoms with Gasteiger partial charge in [0.25, 0.3) is 5.56 Å². The minimum Gasteiger partial charge on any atom is -0.393 e. The lowest BCUT2D eigenvalue weighted by Gasteiger charge is -2.15. The fourth-order valence-corrected chi connectivity index (χ4v) is 2.74. The van der Waals surface area contributed by atoms with E-state index in [-0.39, 0.29) is 13.2 Å². The number of unbranched alkanes of at least 4 members (excludes halogenated alkanes) is 5. The Kier molecular flexibility index (Phi) is 8.11. The van der Waals surface area contributed by atoms with Crippen LogP contribution in [0.25, 0.3) is 0 Å². The summed E-state index contributed by atoms with van der Waals surface area (Å²) in [5.41, 5.74) is -0.599. The maximum absolute atomic E-state index is 12.0. The molecule has 2 N–H and O–H groups in total. The summed E-state index contributed by atoms with van der Waals surface area (Å²) in [7, 11) is 0. The van der Waals surface area contributed by atoms with Crippen molar-refractivity contribution in [1.82, 2.24) is 9.55 Å². The molecule has 1 aromatic heterocycles. The first kappa shape index (κ1) is 19.6. The number of hydrogen-bond donors (Lipinski definition) is 2. The topological polar surface area (TPSA) is 93.6 Å². The van der Waals surface area contributed by atoms with Crippen LogP contribution < -0.4 is 11.2 Å². The first-order valence-corrected chi connectivity index (χ1v) is 9.02. The maximum atomic E-state index is 12.0. The van der Waals surface area contributed by atoms with Crippen molar-refractivity contribution in [2.45, 2.75) is 64.4 Å². The lowest BCUT2D eigenvalue weighted by atomic mass is 10.1. The van der Waals surface area contributed by atoms with Crippen molar-refractivity contribution in [3.05, 3.63) is 44.8 Å². The summed E-state index contributed by atoms with van der Waals surface area (Å²) in [6.45, 7) is 2.79. The van der Waals surface area contributed by atoms with Crippen molar-refractivity contribution in [3.8, 4) is 0 Å². The third-order valence-electron chi connectivity index (χ3n) is 4.20. The van der Waals surface area contributed by atoms with Crippen LogP contribution in [0.1, 0.15) is 57.2 Å². The first-order chi connectivity index (χ1) is 12.2. The van der Waals surface area contributed by atoms with Gasteiger partial charge in [-0.15, -0.1) is 0 Å². The quantitative estimate of drug-likeness (QED) is 0.468. The van der Waals surface area contributed by atoms with Crippen LogP contribution in [0, 0.1) is 0 Å². The number of aliphatic hydroxyl groups is 1. The molecule has 25 heavy (non-hydrogen) atoms. The lowest BCUT2D eigenvalue weighted by molar-refractivity contribution is -0.0107. The Morgan fingerprint density at radius 2 is 1.96 bits per heavy atom. The van der Waals surface area contributed by atoms with Crippen LogP contribution in [0.3, 0.4) is 0 Å². The zero-order valence-corrected chi connectivity index (χ0v) is 14.8. The van der Waals surface area contributed by atoms with E-state index in [0.29, 0.717) is 12.2 Å². The number of aromatic nitrogens is 2. The molecule has 1 aromatic rings. The van der Waals surface area contributed by atoms with E-state index in [2.05, 4.69) is 11.9 Å². The smallest absolute Gasteiger partial charge is 0.330 e. The van der Waals surface area contributed by atoms with Crippen molar-refractivity contribution in [2.75, 3.05) is 13.2 Å². The van der Waals surface area contributed by atoms with Crippen molar-refractivity contribution >= 4 is 0 Å². The minimum atomic E-state index is -0.626. The van der Waals surface area contributed by atoms with Gasteiger partial charge in [0.15, 0.2) is 6.23 Å². The fraction of sp³-hybridized carbons (Fsp3) is 0.667. The summed E-state index contributed by atoms with van der Waals surface area (Å²) in [4.78, 5) is 26.2. The second-order valence-electron chi connectivity index (χ2n) is 6.27. The van der Waals surface area contributed by atoms with E-state index in [1.807, 2.05) is 0 Å². The lowest BCUT2D eigenvalue weighted by Crippen LogP contribution is -2.34. The summed E-state index contributed by atoms with van der Waals surface area (Å²) < 4.78 is 12.4. The first-order valence-electron chi connectivity index (χ1n) is 9.02. The third-order valence-corrected chi connectivity index (χ3v) is 4.20. The van der Waals surface area contributed by atoms with Gasteiger partial charge in [-0.1, -0.05) is 45.1 Å². The standard InChI is InChI=1S/C18H28N2O5/c1-2-3-4-5-6-7-10-24-13-14-11-20(18(23)19-17(14)22)16-9-8-15(12-21)25-16/h8-9,11,15-16,21H,2-7,10,12-13H2,1H3,(H,19,22,23)/t15-,16-/m0/s1. The summed E-state index contributed by atoms with van der Waals surface area (Å²) in [5, 5.41) is 9.09. The molecule has 0 aromatic carbocycles. The highest BCUT2D eigenvalue weighted by molar-refractivity contribution is 5.07. The van der Waals surface area contributed by atoms with Crippen LogP contribution in [0.15, 0.2) is 27.9 Å². The van der Waals surface area contributed by atoms with Crippen LogP contribution in [0.4, 0.5) is 0 Å². The Balaban J connectivity index is 1.85. The van der Waals surface area contributed by atoms with Crippen molar-refractivity contribution in [2.24, 2.45) is 0 Å². The van der Waals surface area contributed by atoms with Gasteiger partial charge in [0.2, 0.25) is 0 Å². The van der Waals surface area contributed by atoms with Gasteiger partial charge in [0.05, 0.1) is 18.8 Å². The van der Waals surface area contributed by atoms with Gasteiger partial charge >= 0.3 is 5.69 Å². The Bertz CT molecular complexity index is 664. The number of rotatable bonds is 11. The molecular formula is C18H28N2O5. The normalized spacial score (nSPS) is 19.6. The summed E-state index contributed by atoms with van der Waals surface area (Å²) >= 11 is 0. The molecule has 1 aliphatic heterocycles. The molecule has 2 heterocycles. The number of hydrogen-bond acceptors (Lipinski definition) is 5. The molecule has 7 nitrogen and oxygen atoms in total. The second kappa shape index (κ2) is 10.3. The molecule has 0 bridgehead atoms. The predicted octanol–water partition coefficient (Wildman–Crippen LogP) is 1.86. The van der Waals surface area contributed by atoms with Crippen molar-refractivity contribution < 1.29 is 14.6 Å². The molecule has 2 rings (SSSR count). The van der Waals surface area contributed by atoms with Gasteiger partial charge in [-0.3, -0.25) is 14.3 Å². The van der Waals surface area contributed by atoms with Gasteiger partial charge < -0.3 is 14.6 Å². The molecule has 1 aliphatic rings. The number of nitrogens with one attached hydrogen (secondary N) is 1. The van der Waals surface area contributed by atoms with Crippen LogP contribution in [-0.4, -0.2) is 34.0 Å². The molecule has 0 radical (unpaired) electrons. The summed E-state index contributed by atoms with van der Waals surface area (Å²) in [6.07, 6.45) is 10.8. The summed E-state index contributed by atoms with van der Waals surface area (Å²) in [5.74, 6) is 0. The Morgan fingerprint density at radius 1 is 1.20 bits per heavy atom. The monoisotopic (exact) mass is 352 g/mol. The number of nitrogens with zero attached hydrogens (tertiary/aromatic N) is 1. The zero-order chi connectivity index (χ0) is 18.1. The van der Waals surface area contributed by atoms with E-state index in [1.54, 1.807) is 12.2 Å². The Hall–Kier alpha value is -1.70. The number of aliphatic hydroxyl groups excluding tert-OH is 1. The average Bonchev–Trinajstić information content (AvgIpc) is 3.07. The highest BCUT2D eigenvalue weighted by atomic mass is 16.5. The van der Waals surface area contributed by atoms with E-state index in [4.69, 9.17) is 14.6 Å². The van der Waals surface area contributed by atoms with Crippen molar-refractivity contribution in [3.63, 3.8) is 0 Å². The maximum Gasteiger partial charge on any atom is 0.330 e. The molecular weight excluding hydrogens is 324 g/mol. The zero-order valence-electron chi connectivity index (χ0n) is 14.8. The average molecular weight is 352 g/mol. The van der Waals surface area contributed by atoms with Crippen LogP contribution >= 0.6 is 0 Å². The molecule has 0 saturated carbocycles. The molecule has 0 unspecified atom stereocenters. The molecule has 140 valence electrons. The van der Waals surface area contributed by atoms with E-state index in [1.165, 1.54) is 36.4 Å². The highest BCUT2D eigenvalue weighted by Gasteiger charge is 2.21. The van der Waals surface area contributed by atoms with E-state index >= 15 is 0 Å². The van der Waals surface area contributed by atoms with E-state index in [9.17, 15) is 9.59 Å². The van der Waals surface area contributed by atoms with Gasteiger partial charge in [-0.2, -0.15) is 0 Å². The Morgan fingerprint density at radius 3 is 2.68 bits per heavy atom. The SMILES string of the molecule is CCCCCCCCOCc1cn([C@@H]2C=C[C@@H](CO)O2)c(=O)[nH]c1=O. The molecule has 0 saturated heterocycles. The van der Waals surface area contributed by atoms with Gasteiger partial charge in [-0.05, 0) is 12.5 Å². The minimum absolute atomic E-state index is 0.153. The predicted molar refractivity (Wildman–Crippen MR) is 94.5 cm³/mol. The molecule has 2 atom stereocenters. The fourth-order valence-electron chi connectivity index (χ4n) is 2.74. The van der Waals surface area contributed by atoms with Gasteiger partial charge in [-0.25, -0.2) is 4.79 Å². The second-order valence-corrected chi connectivity index (χ2v) is 6.27. The molecule has 0 fully saturated rings. The number of aromatic amines is 1. The molecule has 0 aliphatic carbocycles. The number of H-pyrrole nitrogens is 1. The Labute approximate surface area is 147 Å². The molecule has 7 heteroatoms. The van der Waals surface area contributed by atoms with E-state index in [0.717, 1.165) is 12.8 Å².